The molecule has 0 aliphatic carbocycles. The summed E-state index contributed by atoms with van der Waals surface area (Å²) < 4.78 is 0. The Labute approximate surface area is 81.9 Å². The van der Waals surface area contributed by atoms with Crippen LogP contribution in [0.15, 0.2) is 0 Å². The number of nitrogens with zero attached hydrogens (tertiary/aromatic N) is 2. The number of aromatic nitrogens is 2. The van der Waals surface area contributed by atoms with E-state index in [0.29, 0.717) is 10.9 Å². The van der Waals surface area contributed by atoms with Gasteiger partial charge in [0.25, 0.3) is 0 Å². The lowest BCUT2D eigenvalue weighted by molar-refractivity contribution is 0.820. The van der Waals surface area contributed by atoms with E-state index in [0.717, 1.165) is 11.3 Å². The van der Waals surface area contributed by atoms with Crippen molar-refractivity contribution >= 4 is 23.2 Å². The van der Waals surface area contributed by atoms with Gasteiger partial charge in [-0.05, 0) is 18.4 Å². The van der Waals surface area contributed by atoms with E-state index in [4.69, 9.17) is 23.2 Å². The molecular formula is C8H10Cl2N2. The maximum atomic E-state index is 5.96. The fraction of sp³-hybridized carbons (Fsp3) is 0.500. The number of hydrogen-bond acceptors (Lipinski definition) is 2. The van der Waals surface area contributed by atoms with Gasteiger partial charge in [-0.3, -0.25) is 0 Å². The predicted octanol–water partition coefficient (Wildman–Crippen LogP) is 3.22. The molecule has 2 nitrogen and oxygen atoms in total. The molecule has 1 aromatic rings. The highest BCUT2D eigenvalue weighted by Crippen LogP contribution is 2.30. The fourth-order valence-corrected chi connectivity index (χ4v) is 1.69. The van der Waals surface area contributed by atoms with E-state index < -0.39 is 0 Å². The molecule has 0 unspecified atom stereocenters. The molecule has 0 atom stereocenters. The standard InChI is InChI=1S/C8H10Cl2N2/c1-4(2)6-5(3)11-12-8(10)7(6)9/h4H,1-3H3. The molecule has 0 saturated carbocycles. The summed E-state index contributed by atoms with van der Waals surface area (Å²) in [4.78, 5) is 0. The Morgan fingerprint density at radius 3 is 2.17 bits per heavy atom. The third-order valence-corrected chi connectivity index (χ3v) is 2.42. The number of aryl methyl sites for hydroxylation is 1. The normalized spacial score (nSPS) is 10.8. The van der Waals surface area contributed by atoms with E-state index in [-0.39, 0.29) is 5.15 Å². The molecule has 0 N–H and O–H groups in total. The van der Waals surface area contributed by atoms with Gasteiger partial charge in [-0.2, -0.15) is 5.10 Å². The van der Waals surface area contributed by atoms with E-state index >= 15 is 0 Å². The number of rotatable bonds is 1. The van der Waals surface area contributed by atoms with E-state index in [9.17, 15) is 0 Å². The van der Waals surface area contributed by atoms with E-state index in [1.54, 1.807) is 0 Å². The Morgan fingerprint density at radius 2 is 1.75 bits per heavy atom. The van der Waals surface area contributed by atoms with Crippen LogP contribution in [0.1, 0.15) is 31.0 Å². The minimum absolute atomic E-state index is 0.283. The highest BCUT2D eigenvalue weighted by atomic mass is 35.5. The van der Waals surface area contributed by atoms with Gasteiger partial charge in [-0.1, -0.05) is 37.0 Å². The Kier molecular flexibility index (Phi) is 2.91. The molecular weight excluding hydrogens is 195 g/mol. The molecule has 66 valence electrons. The Morgan fingerprint density at radius 1 is 1.17 bits per heavy atom. The molecule has 0 saturated heterocycles. The van der Waals surface area contributed by atoms with Crippen molar-refractivity contribution < 1.29 is 0 Å². The smallest absolute Gasteiger partial charge is 0.154 e. The van der Waals surface area contributed by atoms with Crippen molar-refractivity contribution in [3.63, 3.8) is 0 Å². The molecule has 0 bridgehead atoms. The molecule has 4 heteroatoms. The van der Waals surface area contributed by atoms with Gasteiger partial charge in [0.05, 0.1) is 10.7 Å². The minimum Gasteiger partial charge on any atom is -0.154 e. The van der Waals surface area contributed by atoms with Gasteiger partial charge in [-0.15, -0.1) is 5.10 Å². The van der Waals surface area contributed by atoms with Gasteiger partial charge in [0, 0.05) is 0 Å². The second-order valence-electron chi connectivity index (χ2n) is 2.96. The van der Waals surface area contributed by atoms with Gasteiger partial charge in [0.1, 0.15) is 0 Å². The molecule has 1 aromatic heterocycles. The quantitative estimate of drug-likeness (QED) is 0.703. The van der Waals surface area contributed by atoms with E-state index in [1.807, 2.05) is 20.8 Å². The molecule has 0 fully saturated rings. The summed E-state index contributed by atoms with van der Waals surface area (Å²) in [6.45, 7) is 5.98. The van der Waals surface area contributed by atoms with Crippen LogP contribution >= 0.6 is 23.2 Å². The topological polar surface area (TPSA) is 25.8 Å². The molecule has 0 aliphatic rings. The van der Waals surface area contributed by atoms with Gasteiger partial charge >= 0.3 is 0 Å². The fourth-order valence-electron chi connectivity index (χ4n) is 1.16. The maximum Gasteiger partial charge on any atom is 0.170 e. The molecule has 0 spiro atoms. The molecule has 0 radical (unpaired) electrons. The van der Waals surface area contributed by atoms with Crippen molar-refractivity contribution in [1.29, 1.82) is 0 Å². The average molecular weight is 205 g/mol. The largest absolute Gasteiger partial charge is 0.170 e. The van der Waals surface area contributed by atoms with Crippen molar-refractivity contribution in [3.05, 3.63) is 21.4 Å². The van der Waals surface area contributed by atoms with Crippen LogP contribution in [0, 0.1) is 6.92 Å². The lowest BCUT2D eigenvalue weighted by Gasteiger charge is -2.10. The summed E-state index contributed by atoms with van der Waals surface area (Å²) in [5.74, 6) is 0.325. The van der Waals surface area contributed by atoms with E-state index in [2.05, 4.69) is 10.2 Å². The monoisotopic (exact) mass is 204 g/mol. The average Bonchev–Trinajstić information content (AvgIpc) is 1.97. The van der Waals surface area contributed by atoms with Crippen molar-refractivity contribution in [2.24, 2.45) is 0 Å². The maximum absolute atomic E-state index is 5.96. The van der Waals surface area contributed by atoms with Crippen LogP contribution in [0.4, 0.5) is 0 Å². The van der Waals surface area contributed by atoms with Crippen LogP contribution < -0.4 is 0 Å². The van der Waals surface area contributed by atoms with Crippen LogP contribution in [0.2, 0.25) is 10.2 Å². The first kappa shape index (κ1) is 9.75. The number of hydrogen-bond donors (Lipinski definition) is 0. The summed E-state index contributed by atoms with van der Waals surface area (Å²) in [5.41, 5.74) is 1.83. The Hall–Kier alpha value is -0.340. The number of halogens is 2. The highest BCUT2D eigenvalue weighted by Gasteiger charge is 2.13. The first-order valence-corrected chi connectivity index (χ1v) is 4.47. The second-order valence-corrected chi connectivity index (χ2v) is 3.69. The Bertz CT molecular complexity index is 297. The zero-order chi connectivity index (χ0) is 9.30. The zero-order valence-electron chi connectivity index (χ0n) is 7.23. The summed E-state index contributed by atoms with van der Waals surface area (Å²) in [5, 5.41) is 8.41. The van der Waals surface area contributed by atoms with Crippen LogP contribution in [0.25, 0.3) is 0 Å². The molecule has 0 aromatic carbocycles. The van der Waals surface area contributed by atoms with Crippen molar-refractivity contribution in [3.8, 4) is 0 Å². The van der Waals surface area contributed by atoms with Gasteiger partial charge in [-0.25, -0.2) is 0 Å². The van der Waals surface area contributed by atoms with Crippen LogP contribution in [0.3, 0.4) is 0 Å². The van der Waals surface area contributed by atoms with Gasteiger partial charge in [0.15, 0.2) is 5.15 Å². The van der Waals surface area contributed by atoms with Crippen molar-refractivity contribution in [1.82, 2.24) is 10.2 Å². The third-order valence-electron chi connectivity index (χ3n) is 1.67. The van der Waals surface area contributed by atoms with Crippen molar-refractivity contribution in [2.75, 3.05) is 0 Å². The lowest BCUT2D eigenvalue weighted by Crippen LogP contribution is -1.99. The first-order chi connectivity index (χ1) is 5.54. The molecule has 1 rings (SSSR count). The zero-order valence-corrected chi connectivity index (χ0v) is 8.74. The predicted molar refractivity (Wildman–Crippen MR) is 50.9 cm³/mol. The molecule has 1 heterocycles. The summed E-state index contributed by atoms with van der Waals surface area (Å²) in [6.07, 6.45) is 0. The van der Waals surface area contributed by atoms with Gasteiger partial charge in [0.2, 0.25) is 0 Å². The molecule has 0 aliphatic heterocycles. The minimum atomic E-state index is 0.283. The van der Waals surface area contributed by atoms with Crippen LogP contribution in [-0.4, -0.2) is 10.2 Å². The van der Waals surface area contributed by atoms with Crippen LogP contribution in [0.5, 0.6) is 0 Å². The van der Waals surface area contributed by atoms with Crippen LogP contribution in [-0.2, 0) is 0 Å². The van der Waals surface area contributed by atoms with Gasteiger partial charge < -0.3 is 0 Å². The highest BCUT2D eigenvalue weighted by molar-refractivity contribution is 6.41. The van der Waals surface area contributed by atoms with Crippen molar-refractivity contribution in [2.45, 2.75) is 26.7 Å². The summed E-state index contributed by atoms with van der Waals surface area (Å²) in [6, 6.07) is 0. The molecule has 0 amide bonds. The lowest BCUT2D eigenvalue weighted by atomic mass is 10.0. The second kappa shape index (κ2) is 3.58. The summed E-state index contributed by atoms with van der Waals surface area (Å²) >= 11 is 11.7. The summed E-state index contributed by atoms with van der Waals surface area (Å²) in [7, 11) is 0. The van der Waals surface area contributed by atoms with E-state index in [1.165, 1.54) is 0 Å². The SMILES string of the molecule is Cc1nnc(Cl)c(Cl)c1C(C)C. The third kappa shape index (κ3) is 1.70. The molecule has 12 heavy (non-hydrogen) atoms. The Balaban J connectivity index is 3.33. The first-order valence-electron chi connectivity index (χ1n) is 3.72.